The first-order valence-corrected chi connectivity index (χ1v) is 7.86. The Balaban J connectivity index is 2.06. The van der Waals surface area contributed by atoms with Crippen molar-refractivity contribution in [2.45, 2.75) is 31.3 Å². The Hall–Kier alpha value is -1.00. The third-order valence-corrected chi connectivity index (χ3v) is 4.71. The lowest BCUT2D eigenvalue weighted by Gasteiger charge is -2.32. The van der Waals surface area contributed by atoms with E-state index in [1.54, 1.807) is 12.1 Å². The highest BCUT2D eigenvalue weighted by Gasteiger charge is 2.47. The highest BCUT2D eigenvalue weighted by atomic mass is 79.9. The van der Waals surface area contributed by atoms with E-state index in [9.17, 15) is 18.3 Å². The average molecular weight is 445 g/mol. The van der Waals surface area contributed by atoms with Crippen LogP contribution in [0.4, 0.5) is 19.0 Å². The molecular weight excluding hydrogens is 435 g/mol. The van der Waals surface area contributed by atoms with E-state index in [0.29, 0.717) is 14.9 Å². The Morgan fingerprint density at radius 3 is 2.68 bits per heavy atom. The first kappa shape index (κ1) is 15.9. The summed E-state index contributed by atoms with van der Waals surface area (Å²) in [5, 5.41) is 16.0. The van der Waals surface area contributed by atoms with Crippen LogP contribution in [0.1, 0.15) is 30.0 Å². The van der Waals surface area contributed by atoms with Gasteiger partial charge in [-0.3, -0.25) is 0 Å². The van der Waals surface area contributed by atoms with E-state index in [2.05, 4.69) is 42.3 Å². The van der Waals surface area contributed by atoms with E-state index >= 15 is 0 Å². The number of rotatable bonds is 2. The molecule has 2 N–H and O–H groups in total. The van der Waals surface area contributed by atoms with Crippen molar-refractivity contribution in [1.82, 2.24) is 9.78 Å². The summed E-state index contributed by atoms with van der Waals surface area (Å²) in [6.45, 7) is -0.455. The third-order valence-electron chi connectivity index (χ3n) is 3.45. The topological polar surface area (TPSA) is 63.2 Å². The van der Waals surface area contributed by atoms with E-state index in [-0.39, 0.29) is 17.9 Å². The number of hydrogen-bond acceptors (Lipinski definition) is 4. The number of aliphatic hydroxyl groups is 1. The van der Waals surface area contributed by atoms with Crippen molar-refractivity contribution >= 4 is 37.7 Å². The number of furan rings is 1. The molecular formula is C12H10Br2F3N3O2. The summed E-state index contributed by atoms with van der Waals surface area (Å²) in [6.07, 6.45) is -4.72. The van der Waals surface area contributed by atoms with E-state index in [4.69, 9.17) is 4.42 Å². The molecule has 0 saturated carbocycles. The zero-order chi connectivity index (χ0) is 16.1. The molecule has 3 heterocycles. The lowest BCUT2D eigenvalue weighted by atomic mass is 10.0. The normalized spacial score (nSPS) is 21.5. The summed E-state index contributed by atoms with van der Waals surface area (Å²) in [5.41, 5.74) is 0.151. The zero-order valence-electron chi connectivity index (χ0n) is 10.9. The molecule has 0 fully saturated rings. The summed E-state index contributed by atoms with van der Waals surface area (Å²) >= 11 is 6.32. The Labute approximate surface area is 139 Å². The maximum atomic E-state index is 13.4. The lowest BCUT2D eigenvalue weighted by molar-refractivity contribution is -0.174. The first-order valence-electron chi connectivity index (χ1n) is 6.27. The van der Waals surface area contributed by atoms with Gasteiger partial charge in [0.25, 0.3) is 0 Å². The minimum atomic E-state index is -4.46. The van der Waals surface area contributed by atoms with Crippen LogP contribution in [-0.2, 0) is 6.61 Å². The average Bonchev–Trinajstić information content (AvgIpc) is 3.01. The molecule has 0 aromatic carbocycles. The van der Waals surface area contributed by atoms with E-state index in [1.807, 2.05) is 0 Å². The number of aromatic nitrogens is 2. The zero-order valence-corrected chi connectivity index (χ0v) is 14.0. The van der Waals surface area contributed by atoms with Gasteiger partial charge in [0.2, 0.25) is 0 Å². The molecule has 2 atom stereocenters. The second-order valence-corrected chi connectivity index (χ2v) is 6.42. The largest absolute Gasteiger partial charge is 0.452 e. The van der Waals surface area contributed by atoms with E-state index < -0.39 is 24.9 Å². The number of nitrogens with one attached hydrogen (secondary N) is 1. The maximum absolute atomic E-state index is 13.4. The van der Waals surface area contributed by atoms with Crippen LogP contribution >= 0.6 is 31.9 Å². The fraction of sp³-hybridized carbons (Fsp3) is 0.417. The fourth-order valence-electron chi connectivity index (χ4n) is 2.44. The fourth-order valence-corrected chi connectivity index (χ4v) is 3.26. The monoisotopic (exact) mass is 443 g/mol. The molecule has 0 bridgehead atoms. The number of nitrogens with zero attached hydrogens (tertiary/aromatic N) is 2. The molecule has 22 heavy (non-hydrogen) atoms. The van der Waals surface area contributed by atoms with Gasteiger partial charge < -0.3 is 14.8 Å². The van der Waals surface area contributed by atoms with Crippen molar-refractivity contribution in [3.63, 3.8) is 0 Å². The highest BCUT2D eigenvalue weighted by molar-refractivity contribution is 9.10. The molecule has 1 aliphatic heterocycles. The van der Waals surface area contributed by atoms with Crippen LogP contribution in [0.3, 0.4) is 0 Å². The molecule has 0 spiro atoms. The second-order valence-electron chi connectivity index (χ2n) is 4.84. The van der Waals surface area contributed by atoms with Gasteiger partial charge in [-0.15, -0.1) is 0 Å². The Morgan fingerprint density at radius 2 is 2.14 bits per heavy atom. The predicted molar refractivity (Wildman–Crippen MR) is 78.3 cm³/mol. The molecule has 5 nitrogen and oxygen atoms in total. The van der Waals surface area contributed by atoms with Crippen LogP contribution in [0.2, 0.25) is 0 Å². The molecule has 2 aromatic rings. The Bertz CT molecular complexity index is 698. The maximum Gasteiger partial charge on any atom is 0.410 e. The molecule has 0 amide bonds. The van der Waals surface area contributed by atoms with Gasteiger partial charge in [0, 0.05) is 6.42 Å². The van der Waals surface area contributed by atoms with Crippen molar-refractivity contribution in [3.05, 3.63) is 32.7 Å². The number of hydrogen-bond donors (Lipinski definition) is 2. The minimum absolute atomic E-state index is 0.151. The SMILES string of the molecule is OCc1nn2c(c1Br)N[C@@H](c1ccc(Br)o1)C[C@H]2C(F)(F)F. The quantitative estimate of drug-likeness (QED) is 0.730. The van der Waals surface area contributed by atoms with Crippen molar-refractivity contribution < 1.29 is 22.7 Å². The Morgan fingerprint density at radius 1 is 1.41 bits per heavy atom. The summed E-state index contributed by atoms with van der Waals surface area (Å²) in [6, 6.07) is 0.793. The standard InChI is InChI=1S/C12H10Br2F3N3O2/c13-9-2-1-7(22-9)5-3-8(12(15,16)17)20-11(18-5)10(14)6(4-21)19-20/h1-2,5,8,18,21H,3-4H2/t5-,8+/m1/s1. The van der Waals surface area contributed by atoms with Crippen LogP contribution in [0.15, 0.2) is 25.7 Å². The molecule has 0 aliphatic carbocycles. The lowest BCUT2D eigenvalue weighted by Crippen LogP contribution is -2.35. The van der Waals surface area contributed by atoms with Crippen LogP contribution in [0.25, 0.3) is 0 Å². The number of fused-ring (bicyclic) bond motifs is 1. The number of aliphatic hydroxyl groups excluding tert-OH is 1. The smallest absolute Gasteiger partial charge is 0.410 e. The van der Waals surface area contributed by atoms with Gasteiger partial charge in [0.1, 0.15) is 17.3 Å². The number of halogens is 5. The van der Waals surface area contributed by atoms with E-state index in [1.165, 1.54) is 0 Å². The van der Waals surface area contributed by atoms with E-state index in [0.717, 1.165) is 4.68 Å². The van der Waals surface area contributed by atoms with Crippen LogP contribution in [-0.4, -0.2) is 21.1 Å². The summed E-state index contributed by atoms with van der Waals surface area (Å²) in [4.78, 5) is 0. The third kappa shape index (κ3) is 2.67. The van der Waals surface area contributed by atoms with Crippen LogP contribution in [0, 0.1) is 0 Å². The summed E-state index contributed by atoms with van der Waals surface area (Å²) < 4.78 is 47.1. The second kappa shape index (κ2) is 5.57. The minimum Gasteiger partial charge on any atom is -0.452 e. The summed E-state index contributed by atoms with van der Waals surface area (Å²) in [7, 11) is 0. The molecule has 0 radical (unpaired) electrons. The van der Waals surface area contributed by atoms with Crippen molar-refractivity contribution in [1.29, 1.82) is 0 Å². The molecule has 0 unspecified atom stereocenters. The van der Waals surface area contributed by atoms with Gasteiger partial charge in [-0.25, -0.2) is 4.68 Å². The van der Waals surface area contributed by atoms with Crippen molar-refractivity contribution in [2.24, 2.45) is 0 Å². The highest BCUT2D eigenvalue weighted by Crippen LogP contribution is 2.46. The molecule has 2 aromatic heterocycles. The van der Waals surface area contributed by atoms with Crippen molar-refractivity contribution in [2.75, 3.05) is 5.32 Å². The molecule has 120 valence electrons. The predicted octanol–water partition coefficient (Wildman–Crippen LogP) is 4.15. The first-order chi connectivity index (χ1) is 10.3. The van der Waals surface area contributed by atoms with Crippen LogP contribution in [0.5, 0.6) is 0 Å². The van der Waals surface area contributed by atoms with Gasteiger partial charge >= 0.3 is 6.18 Å². The van der Waals surface area contributed by atoms with Gasteiger partial charge in [-0.1, -0.05) is 0 Å². The van der Waals surface area contributed by atoms with Crippen molar-refractivity contribution in [3.8, 4) is 0 Å². The molecule has 10 heteroatoms. The molecule has 0 saturated heterocycles. The van der Waals surface area contributed by atoms with Gasteiger partial charge in [0.15, 0.2) is 10.7 Å². The van der Waals surface area contributed by atoms with Gasteiger partial charge in [-0.05, 0) is 44.0 Å². The molecule has 1 aliphatic rings. The van der Waals surface area contributed by atoms with Crippen LogP contribution < -0.4 is 5.32 Å². The number of alkyl halides is 3. The summed E-state index contributed by atoms with van der Waals surface area (Å²) in [5.74, 6) is 0.571. The van der Waals surface area contributed by atoms with Gasteiger partial charge in [-0.2, -0.15) is 18.3 Å². The number of anilines is 1. The Kier molecular flexibility index (Phi) is 4.02. The molecule has 3 rings (SSSR count). The van der Waals surface area contributed by atoms with Gasteiger partial charge in [0.05, 0.1) is 17.1 Å².